The third-order valence-corrected chi connectivity index (χ3v) is 3.25. The van der Waals surface area contributed by atoms with Crippen LogP contribution in [0.15, 0.2) is 30.6 Å². The minimum atomic E-state index is 0.120. The van der Waals surface area contributed by atoms with Gasteiger partial charge in [0.25, 0.3) is 0 Å². The molecular formula is C15H19N3O. The normalized spacial score (nSPS) is 10.5. The molecule has 0 fully saturated rings. The highest BCUT2D eigenvalue weighted by atomic mass is 16.2. The van der Waals surface area contributed by atoms with Crippen LogP contribution in [0.25, 0.3) is 0 Å². The molecule has 0 aliphatic rings. The molecule has 0 atom stereocenters. The Morgan fingerprint density at radius 1 is 1.37 bits per heavy atom. The van der Waals surface area contributed by atoms with E-state index in [0.29, 0.717) is 13.0 Å². The van der Waals surface area contributed by atoms with Gasteiger partial charge in [-0.15, -0.1) is 0 Å². The van der Waals surface area contributed by atoms with Gasteiger partial charge in [-0.1, -0.05) is 23.8 Å². The van der Waals surface area contributed by atoms with Crippen molar-refractivity contribution in [3.05, 3.63) is 52.8 Å². The number of carbonyl (C=O) groups excluding carboxylic acids is 1. The van der Waals surface area contributed by atoms with Gasteiger partial charge in [0.2, 0.25) is 5.91 Å². The average Bonchev–Trinajstić information content (AvgIpc) is 2.86. The van der Waals surface area contributed by atoms with Crippen LogP contribution in [0.4, 0.5) is 0 Å². The molecule has 2 rings (SSSR count). The van der Waals surface area contributed by atoms with Gasteiger partial charge in [-0.05, 0) is 25.0 Å². The van der Waals surface area contributed by atoms with Gasteiger partial charge < -0.3 is 4.90 Å². The van der Waals surface area contributed by atoms with E-state index in [1.165, 1.54) is 5.56 Å². The summed E-state index contributed by atoms with van der Waals surface area (Å²) in [6.45, 7) is 4.67. The third-order valence-electron chi connectivity index (χ3n) is 3.25. The topological polar surface area (TPSA) is 49.0 Å². The molecule has 0 radical (unpaired) electrons. The largest absolute Gasteiger partial charge is 0.341 e. The highest BCUT2D eigenvalue weighted by Gasteiger charge is 2.12. The number of benzene rings is 1. The summed E-state index contributed by atoms with van der Waals surface area (Å²) in [5.41, 5.74) is 4.46. The summed E-state index contributed by atoms with van der Waals surface area (Å²) in [6.07, 6.45) is 3.99. The number of hydrogen-bond donors (Lipinski definition) is 1. The van der Waals surface area contributed by atoms with Crippen molar-refractivity contribution >= 4 is 5.91 Å². The van der Waals surface area contributed by atoms with E-state index in [-0.39, 0.29) is 5.91 Å². The van der Waals surface area contributed by atoms with Crippen LogP contribution in [0.1, 0.15) is 22.3 Å². The van der Waals surface area contributed by atoms with Crippen LogP contribution in [-0.4, -0.2) is 28.1 Å². The minimum absolute atomic E-state index is 0.120. The van der Waals surface area contributed by atoms with Crippen LogP contribution in [-0.2, 0) is 17.8 Å². The molecule has 0 unspecified atom stereocenters. The zero-order valence-electron chi connectivity index (χ0n) is 11.6. The monoisotopic (exact) mass is 257 g/mol. The lowest BCUT2D eigenvalue weighted by molar-refractivity contribution is -0.129. The molecule has 0 aliphatic carbocycles. The van der Waals surface area contributed by atoms with Gasteiger partial charge >= 0.3 is 0 Å². The summed E-state index contributed by atoms with van der Waals surface area (Å²) < 4.78 is 0. The van der Waals surface area contributed by atoms with Crippen molar-refractivity contribution in [1.29, 1.82) is 0 Å². The highest BCUT2D eigenvalue weighted by Crippen LogP contribution is 2.13. The quantitative estimate of drug-likeness (QED) is 0.913. The number of nitrogens with one attached hydrogen (secondary N) is 1. The van der Waals surface area contributed by atoms with E-state index in [0.717, 1.165) is 16.7 Å². The van der Waals surface area contributed by atoms with Gasteiger partial charge in [0.05, 0.1) is 12.6 Å². The van der Waals surface area contributed by atoms with Crippen molar-refractivity contribution in [2.75, 3.05) is 7.05 Å². The lowest BCUT2D eigenvalue weighted by atomic mass is 10.0. The summed E-state index contributed by atoms with van der Waals surface area (Å²) in [4.78, 5) is 13.9. The maximum absolute atomic E-state index is 12.2. The summed E-state index contributed by atoms with van der Waals surface area (Å²) in [6, 6.07) is 6.21. The fraction of sp³-hybridized carbons (Fsp3) is 0.333. The zero-order valence-corrected chi connectivity index (χ0v) is 11.6. The molecule has 1 N–H and O–H groups in total. The van der Waals surface area contributed by atoms with Crippen molar-refractivity contribution in [2.24, 2.45) is 0 Å². The Labute approximate surface area is 113 Å². The molecule has 1 heterocycles. The predicted octanol–water partition coefficient (Wildman–Crippen LogP) is 2.23. The van der Waals surface area contributed by atoms with Gasteiger partial charge in [-0.3, -0.25) is 9.89 Å². The molecule has 0 bridgehead atoms. The Morgan fingerprint density at radius 3 is 2.84 bits per heavy atom. The Morgan fingerprint density at radius 2 is 2.16 bits per heavy atom. The van der Waals surface area contributed by atoms with E-state index in [2.05, 4.69) is 28.4 Å². The number of nitrogens with zero attached hydrogens (tertiary/aromatic N) is 2. The van der Waals surface area contributed by atoms with Crippen LogP contribution in [0, 0.1) is 13.8 Å². The average molecular weight is 257 g/mol. The summed E-state index contributed by atoms with van der Waals surface area (Å²) >= 11 is 0. The third kappa shape index (κ3) is 3.44. The zero-order chi connectivity index (χ0) is 13.8. The first-order chi connectivity index (χ1) is 9.06. The molecule has 4 nitrogen and oxygen atoms in total. The number of aromatic amines is 1. The van der Waals surface area contributed by atoms with Crippen molar-refractivity contribution in [3.8, 4) is 0 Å². The predicted molar refractivity (Wildman–Crippen MR) is 74.7 cm³/mol. The summed E-state index contributed by atoms with van der Waals surface area (Å²) in [7, 11) is 1.82. The van der Waals surface area contributed by atoms with Crippen molar-refractivity contribution in [2.45, 2.75) is 26.8 Å². The Bertz CT molecular complexity index is 561. The number of aryl methyl sites for hydroxylation is 2. The lowest BCUT2D eigenvalue weighted by Gasteiger charge is -2.17. The van der Waals surface area contributed by atoms with Crippen molar-refractivity contribution in [3.63, 3.8) is 0 Å². The molecule has 0 spiro atoms. The van der Waals surface area contributed by atoms with E-state index in [1.807, 2.05) is 27.1 Å². The highest BCUT2D eigenvalue weighted by molar-refractivity contribution is 5.78. The summed E-state index contributed by atoms with van der Waals surface area (Å²) in [5, 5.41) is 6.63. The maximum atomic E-state index is 12.2. The SMILES string of the molecule is Cc1ccc(C)c(CC(=O)N(C)Cc2cn[nH]c2)c1. The number of H-pyrrole nitrogens is 1. The standard InChI is InChI=1S/C15H19N3O/c1-11-4-5-12(2)14(6-11)7-15(19)18(3)10-13-8-16-17-9-13/h4-6,8-9H,7,10H2,1-3H3,(H,16,17). The summed E-state index contributed by atoms with van der Waals surface area (Å²) in [5.74, 6) is 0.120. The molecule has 1 aromatic carbocycles. The molecule has 0 aliphatic heterocycles. The van der Waals surface area contributed by atoms with E-state index in [4.69, 9.17) is 0 Å². The molecule has 0 saturated carbocycles. The van der Waals surface area contributed by atoms with Crippen LogP contribution < -0.4 is 0 Å². The molecule has 100 valence electrons. The lowest BCUT2D eigenvalue weighted by Crippen LogP contribution is -2.27. The molecular weight excluding hydrogens is 238 g/mol. The number of amides is 1. The van der Waals surface area contributed by atoms with Crippen LogP contribution >= 0.6 is 0 Å². The minimum Gasteiger partial charge on any atom is -0.341 e. The number of aromatic nitrogens is 2. The molecule has 0 saturated heterocycles. The molecule has 1 amide bonds. The van der Waals surface area contributed by atoms with Gasteiger partial charge in [0.1, 0.15) is 0 Å². The maximum Gasteiger partial charge on any atom is 0.227 e. The second kappa shape index (κ2) is 5.69. The Hall–Kier alpha value is -2.10. The Balaban J connectivity index is 2.02. The Kier molecular flexibility index (Phi) is 4.00. The number of likely N-dealkylation sites (N-methyl/N-ethyl adjacent to an activating group) is 1. The smallest absolute Gasteiger partial charge is 0.227 e. The van der Waals surface area contributed by atoms with E-state index < -0.39 is 0 Å². The van der Waals surface area contributed by atoms with Gasteiger partial charge in [-0.2, -0.15) is 5.10 Å². The first-order valence-electron chi connectivity index (χ1n) is 6.34. The fourth-order valence-electron chi connectivity index (χ4n) is 2.01. The number of hydrogen-bond acceptors (Lipinski definition) is 2. The van der Waals surface area contributed by atoms with Gasteiger partial charge in [0, 0.05) is 25.4 Å². The van der Waals surface area contributed by atoms with E-state index in [1.54, 1.807) is 11.1 Å². The van der Waals surface area contributed by atoms with Crippen LogP contribution in [0.5, 0.6) is 0 Å². The van der Waals surface area contributed by atoms with Crippen molar-refractivity contribution < 1.29 is 4.79 Å². The number of carbonyl (C=O) groups is 1. The van der Waals surface area contributed by atoms with Gasteiger partial charge in [0.15, 0.2) is 0 Å². The molecule has 4 heteroatoms. The van der Waals surface area contributed by atoms with Crippen LogP contribution in [0.2, 0.25) is 0 Å². The first kappa shape index (κ1) is 13.3. The second-order valence-electron chi connectivity index (χ2n) is 4.96. The number of rotatable bonds is 4. The van der Waals surface area contributed by atoms with E-state index >= 15 is 0 Å². The van der Waals surface area contributed by atoms with Crippen LogP contribution in [0.3, 0.4) is 0 Å². The fourth-order valence-corrected chi connectivity index (χ4v) is 2.01. The molecule has 2 aromatic rings. The first-order valence-corrected chi connectivity index (χ1v) is 6.34. The van der Waals surface area contributed by atoms with Gasteiger partial charge in [-0.25, -0.2) is 0 Å². The van der Waals surface area contributed by atoms with Crippen molar-refractivity contribution in [1.82, 2.24) is 15.1 Å². The van der Waals surface area contributed by atoms with E-state index in [9.17, 15) is 4.79 Å². The molecule has 19 heavy (non-hydrogen) atoms. The molecule has 1 aromatic heterocycles. The second-order valence-corrected chi connectivity index (χ2v) is 4.96.